The summed E-state index contributed by atoms with van der Waals surface area (Å²) in [6.45, 7) is 8.94. The van der Waals surface area contributed by atoms with E-state index < -0.39 is 9.84 Å². The highest BCUT2D eigenvalue weighted by Crippen LogP contribution is 2.31. The lowest BCUT2D eigenvalue weighted by atomic mass is 10.2. The van der Waals surface area contributed by atoms with Crippen molar-refractivity contribution in [3.63, 3.8) is 0 Å². The van der Waals surface area contributed by atoms with Gasteiger partial charge in [-0.15, -0.1) is 0 Å². The molecule has 0 aliphatic carbocycles. The molecule has 2 fully saturated rings. The molecule has 1 atom stereocenters. The number of aryl methyl sites for hydroxylation is 1. The van der Waals surface area contributed by atoms with Crippen LogP contribution < -0.4 is 4.90 Å². The van der Waals surface area contributed by atoms with Crippen LogP contribution in [0.25, 0.3) is 0 Å². The Bertz CT molecular complexity index is 902. The lowest BCUT2D eigenvalue weighted by Crippen LogP contribution is -2.46. The molecule has 0 N–H and O–H groups in total. The van der Waals surface area contributed by atoms with Gasteiger partial charge in [-0.3, -0.25) is 14.6 Å². The maximum absolute atomic E-state index is 11.8. The van der Waals surface area contributed by atoms with Gasteiger partial charge < -0.3 is 4.90 Å². The third-order valence-electron chi connectivity index (χ3n) is 5.66. The lowest BCUT2D eigenvalue weighted by Gasteiger charge is -2.36. The minimum Gasteiger partial charge on any atom is -0.366 e. The molecule has 4 rings (SSSR count). The second-order valence-corrected chi connectivity index (χ2v) is 9.87. The van der Waals surface area contributed by atoms with Crippen LogP contribution in [0.2, 0.25) is 0 Å². The summed E-state index contributed by atoms with van der Waals surface area (Å²) < 4.78 is 25.6. The van der Waals surface area contributed by atoms with E-state index in [9.17, 15) is 8.42 Å². The maximum atomic E-state index is 11.8. The quantitative estimate of drug-likeness (QED) is 0.791. The molecule has 2 saturated heterocycles. The fraction of sp³-hybridized carbons (Fsp3) is 0.579. The minimum absolute atomic E-state index is 0.0191. The standard InChI is InChI=1S/C19H27N5O2S/c1-15-19(16(2)24(21-15)18-5-11-27(25,26)14-18)23-9-7-22(8-10-23)13-17-4-3-6-20-12-17/h3-4,6,12,18H,5,7-11,13-14H2,1-2H3. The minimum atomic E-state index is -2.91. The summed E-state index contributed by atoms with van der Waals surface area (Å²) in [6, 6.07) is 4.08. The van der Waals surface area contributed by atoms with Gasteiger partial charge in [0.05, 0.1) is 34.6 Å². The zero-order valence-electron chi connectivity index (χ0n) is 16.0. The van der Waals surface area contributed by atoms with E-state index in [0.29, 0.717) is 6.42 Å². The summed E-state index contributed by atoms with van der Waals surface area (Å²) in [6.07, 6.45) is 4.41. The molecule has 0 spiro atoms. The van der Waals surface area contributed by atoms with E-state index >= 15 is 0 Å². The summed E-state index contributed by atoms with van der Waals surface area (Å²) in [7, 11) is -2.91. The smallest absolute Gasteiger partial charge is 0.152 e. The van der Waals surface area contributed by atoms with Crippen LogP contribution in [0, 0.1) is 13.8 Å². The van der Waals surface area contributed by atoms with Crippen molar-refractivity contribution in [3.05, 3.63) is 41.5 Å². The van der Waals surface area contributed by atoms with Crippen molar-refractivity contribution in [3.8, 4) is 0 Å². The zero-order chi connectivity index (χ0) is 19.0. The predicted molar refractivity (Wildman–Crippen MR) is 106 cm³/mol. The maximum Gasteiger partial charge on any atom is 0.152 e. The van der Waals surface area contributed by atoms with E-state index in [1.54, 1.807) is 6.20 Å². The second-order valence-electron chi connectivity index (χ2n) is 7.65. The third-order valence-corrected chi connectivity index (χ3v) is 7.41. The van der Waals surface area contributed by atoms with Crippen molar-refractivity contribution in [1.29, 1.82) is 0 Å². The van der Waals surface area contributed by atoms with Gasteiger partial charge in [0, 0.05) is 45.1 Å². The summed E-state index contributed by atoms with van der Waals surface area (Å²) in [5, 5.41) is 4.71. The van der Waals surface area contributed by atoms with E-state index in [-0.39, 0.29) is 17.5 Å². The molecule has 0 radical (unpaired) electrons. The normalized spacial score (nSPS) is 23.0. The summed E-state index contributed by atoms with van der Waals surface area (Å²) in [5.74, 6) is 0.492. The molecule has 8 heteroatoms. The number of hydrogen-bond donors (Lipinski definition) is 0. The Labute approximate surface area is 160 Å². The van der Waals surface area contributed by atoms with Gasteiger partial charge in [0.1, 0.15) is 0 Å². The van der Waals surface area contributed by atoms with Crippen molar-refractivity contribution in [1.82, 2.24) is 19.7 Å². The average molecular weight is 390 g/mol. The fourth-order valence-electron chi connectivity index (χ4n) is 4.32. The number of piperazine rings is 1. The summed E-state index contributed by atoms with van der Waals surface area (Å²) in [4.78, 5) is 9.05. The zero-order valence-corrected chi connectivity index (χ0v) is 16.8. The third kappa shape index (κ3) is 3.87. The first kappa shape index (κ1) is 18.4. The SMILES string of the molecule is Cc1nn(C2CCS(=O)(=O)C2)c(C)c1N1CCN(Cc2cccnc2)CC1. The van der Waals surface area contributed by atoms with Crippen molar-refractivity contribution in [2.45, 2.75) is 32.9 Å². The highest BCUT2D eigenvalue weighted by Gasteiger charge is 2.32. The van der Waals surface area contributed by atoms with E-state index in [4.69, 9.17) is 5.10 Å². The Balaban J connectivity index is 1.44. The van der Waals surface area contributed by atoms with Crippen LogP contribution in [0.3, 0.4) is 0 Å². The number of hydrogen-bond acceptors (Lipinski definition) is 6. The van der Waals surface area contributed by atoms with E-state index in [2.05, 4.69) is 27.8 Å². The van der Waals surface area contributed by atoms with Gasteiger partial charge in [-0.25, -0.2) is 8.42 Å². The summed E-state index contributed by atoms with van der Waals surface area (Å²) >= 11 is 0. The number of sulfone groups is 1. The van der Waals surface area contributed by atoms with E-state index in [1.807, 2.05) is 23.9 Å². The predicted octanol–water partition coefficient (Wildman–Crippen LogP) is 1.58. The first-order chi connectivity index (χ1) is 12.9. The van der Waals surface area contributed by atoms with Crippen molar-refractivity contribution < 1.29 is 8.42 Å². The Morgan fingerprint density at radius 1 is 1.19 bits per heavy atom. The highest BCUT2D eigenvalue weighted by molar-refractivity contribution is 7.91. The van der Waals surface area contributed by atoms with Gasteiger partial charge in [-0.2, -0.15) is 5.10 Å². The van der Waals surface area contributed by atoms with Crippen LogP contribution in [0.5, 0.6) is 0 Å². The van der Waals surface area contributed by atoms with Crippen LogP contribution in [0.4, 0.5) is 5.69 Å². The Morgan fingerprint density at radius 2 is 1.96 bits per heavy atom. The van der Waals surface area contributed by atoms with Crippen LogP contribution in [0.1, 0.15) is 29.4 Å². The van der Waals surface area contributed by atoms with Crippen molar-refractivity contribution in [2.24, 2.45) is 0 Å². The Morgan fingerprint density at radius 3 is 2.59 bits per heavy atom. The Kier molecular flexibility index (Phi) is 4.94. The lowest BCUT2D eigenvalue weighted by molar-refractivity contribution is 0.249. The molecule has 2 aliphatic heterocycles. The van der Waals surface area contributed by atoms with Crippen LogP contribution in [-0.4, -0.2) is 65.8 Å². The molecule has 4 heterocycles. The van der Waals surface area contributed by atoms with Gasteiger partial charge in [0.15, 0.2) is 9.84 Å². The molecule has 0 aromatic carbocycles. The van der Waals surface area contributed by atoms with Gasteiger partial charge in [-0.05, 0) is 31.9 Å². The van der Waals surface area contributed by atoms with Crippen LogP contribution in [0.15, 0.2) is 24.5 Å². The molecule has 0 saturated carbocycles. The number of rotatable bonds is 4. The second kappa shape index (κ2) is 7.24. The molecule has 7 nitrogen and oxygen atoms in total. The monoisotopic (exact) mass is 389 g/mol. The number of nitrogens with zero attached hydrogens (tertiary/aromatic N) is 5. The number of pyridine rings is 1. The molecule has 0 bridgehead atoms. The molecular weight excluding hydrogens is 362 g/mol. The van der Waals surface area contributed by atoms with Gasteiger partial charge in [0.25, 0.3) is 0 Å². The van der Waals surface area contributed by atoms with Crippen molar-refractivity contribution >= 4 is 15.5 Å². The molecule has 2 aliphatic rings. The fourth-order valence-corrected chi connectivity index (χ4v) is 6.01. The first-order valence-electron chi connectivity index (χ1n) is 9.55. The van der Waals surface area contributed by atoms with Crippen LogP contribution in [-0.2, 0) is 16.4 Å². The molecule has 27 heavy (non-hydrogen) atoms. The molecule has 1 unspecified atom stereocenters. The molecular formula is C19H27N5O2S. The van der Waals surface area contributed by atoms with E-state index in [0.717, 1.165) is 44.1 Å². The highest BCUT2D eigenvalue weighted by atomic mass is 32.2. The van der Waals surface area contributed by atoms with Gasteiger partial charge in [0.2, 0.25) is 0 Å². The van der Waals surface area contributed by atoms with Gasteiger partial charge >= 0.3 is 0 Å². The number of aromatic nitrogens is 3. The summed E-state index contributed by atoms with van der Waals surface area (Å²) in [5.41, 5.74) is 4.52. The van der Waals surface area contributed by atoms with Gasteiger partial charge in [-0.1, -0.05) is 6.07 Å². The van der Waals surface area contributed by atoms with E-state index in [1.165, 1.54) is 11.3 Å². The molecule has 2 aromatic rings. The molecule has 0 amide bonds. The van der Waals surface area contributed by atoms with Crippen molar-refractivity contribution in [2.75, 3.05) is 42.6 Å². The molecule has 2 aromatic heterocycles. The molecule has 146 valence electrons. The topological polar surface area (TPSA) is 71.3 Å². The van der Waals surface area contributed by atoms with Crippen LogP contribution >= 0.6 is 0 Å². The average Bonchev–Trinajstić information content (AvgIpc) is 3.15. The number of anilines is 1. The Hall–Kier alpha value is -1.93. The first-order valence-corrected chi connectivity index (χ1v) is 11.4. The largest absolute Gasteiger partial charge is 0.366 e.